The van der Waals surface area contributed by atoms with Crippen LogP contribution in [0.5, 0.6) is 0 Å². The molecule has 0 aliphatic heterocycles. The predicted octanol–water partition coefficient (Wildman–Crippen LogP) is 2.14. The molecule has 0 aromatic rings. The molecule has 84 valence electrons. The van der Waals surface area contributed by atoms with E-state index in [1.165, 1.54) is 25.7 Å². The van der Waals surface area contributed by atoms with E-state index in [2.05, 4.69) is 26.1 Å². The van der Waals surface area contributed by atoms with E-state index in [0.29, 0.717) is 5.92 Å². The van der Waals surface area contributed by atoms with Crippen LogP contribution in [0.25, 0.3) is 0 Å². The lowest BCUT2D eigenvalue weighted by molar-refractivity contribution is 0.237. The number of nitrogens with two attached hydrogens (primary N) is 1. The summed E-state index contributed by atoms with van der Waals surface area (Å²) < 4.78 is 0. The summed E-state index contributed by atoms with van der Waals surface area (Å²) in [5.41, 5.74) is 5.94. The van der Waals surface area contributed by atoms with E-state index < -0.39 is 0 Å². The van der Waals surface area contributed by atoms with Crippen LogP contribution in [-0.4, -0.2) is 18.6 Å². The van der Waals surface area contributed by atoms with E-state index in [1.807, 2.05) is 0 Å². The molecule has 2 heteroatoms. The highest BCUT2D eigenvalue weighted by atomic mass is 15.0. The van der Waals surface area contributed by atoms with Crippen molar-refractivity contribution in [3.8, 4) is 0 Å². The Morgan fingerprint density at radius 3 is 2.43 bits per heavy atom. The Morgan fingerprint density at radius 2 is 2.07 bits per heavy atom. The van der Waals surface area contributed by atoms with Crippen LogP contribution in [0.2, 0.25) is 0 Å². The molecule has 1 atom stereocenters. The van der Waals surface area contributed by atoms with Crippen molar-refractivity contribution in [1.29, 1.82) is 0 Å². The van der Waals surface area contributed by atoms with E-state index in [0.717, 1.165) is 19.0 Å². The maximum atomic E-state index is 5.81. The van der Waals surface area contributed by atoms with Gasteiger partial charge in [0.1, 0.15) is 0 Å². The van der Waals surface area contributed by atoms with Gasteiger partial charge in [0.15, 0.2) is 0 Å². The van der Waals surface area contributed by atoms with Gasteiger partial charge in [-0.3, -0.25) is 0 Å². The number of nitrogens with one attached hydrogen (secondary N) is 1. The van der Waals surface area contributed by atoms with Crippen LogP contribution in [-0.2, 0) is 0 Å². The van der Waals surface area contributed by atoms with E-state index in [4.69, 9.17) is 5.73 Å². The van der Waals surface area contributed by atoms with Gasteiger partial charge in [0, 0.05) is 12.1 Å². The Kier molecular flexibility index (Phi) is 4.39. The van der Waals surface area contributed by atoms with Crippen LogP contribution >= 0.6 is 0 Å². The van der Waals surface area contributed by atoms with Gasteiger partial charge < -0.3 is 11.1 Å². The molecule has 0 spiro atoms. The van der Waals surface area contributed by atoms with Gasteiger partial charge in [0.25, 0.3) is 0 Å². The largest absolute Gasteiger partial charge is 0.329 e. The van der Waals surface area contributed by atoms with Crippen LogP contribution in [0.4, 0.5) is 0 Å². The molecule has 2 nitrogen and oxygen atoms in total. The van der Waals surface area contributed by atoms with Crippen molar-refractivity contribution in [2.45, 2.75) is 52.0 Å². The summed E-state index contributed by atoms with van der Waals surface area (Å²) in [7, 11) is 0. The summed E-state index contributed by atoms with van der Waals surface area (Å²) in [6.45, 7) is 8.58. The van der Waals surface area contributed by atoms with Gasteiger partial charge in [0.05, 0.1) is 0 Å². The summed E-state index contributed by atoms with van der Waals surface area (Å²) in [6, 6.07) is 0. The molecule has 1 aliphatic rings. The van der Waals surface area contributed by atoms with Gasteiger partial charge >= 0.3 is 0 Å². The fourth-order valence-electron chi connectivity index (χ4n) is 1.86. The Bertz CT molecular complexity index is 164. The maximum Gasteiger partial charge on any atom is 0.0298 e. The molecule has 1 saturated carbocycles. The van der Waals surface area contributed by atoms with Crippen molar-refractivity contribution in [2.75, 3.05) is 13.1 Å². The fourth-order valence-corrected chi connectivity index (χ4v) is 1.86. The third kappa shape index (κ3) is 2.96. The minimum absolute atomic E-state index is 0.129. The summed E-state index contributed by atoms with van der Waals surface area (Å²) >= 11 is 0. The van der Waals surface area contributed by atoms with Crippen molar-refractivity contribution < 1.29 is 0 Å². The highest BCUT2D eigenvalue weighted by Crippen LogP contribution is 2.29. The SMILES string of the molecule is CC(C)C(C)(CN)NCCC1CCC1. The predicted molar refractivity (Wildman–Crippen MR) is 62.3 cm³/mol. The molecule has 0 bridgehead atoms. The zero-order chi connectivity index (χ0) is 10.6. The second-order valence-corrected chi connectivity index (χ2v) is 5.29. The molecule has 0 radical (unpaired) electrons. The molecule has 0 aromatic carbocycles. The lowest BCUT2D eigenvalue weighted by Crippen LogP contribution is -2.53. The van der Waals surface area contributed by atoms with Crippen molar-refractivity contribution in [3.05, 3.63) is 0 Å². The quantitative estimate of drug-likeness (QED) is 0.686. The molecule has 1 fully saturated rings. The van der Waals surface area contributed by atoms with E-state index in [1.54, 1.807) is 0 Å². The highest BCUT2D eigenvalue weighted by Gasteiger charge is 2.26. The van der Waals surface area contributed by atoms with Gasteiger partial charge in [-0.25, -0.2) is 0 Å². The Hall–Kier alpha value is -0.0800. The first kappa shape index (κ1) is 12.0. The number of hydrogen-bond donors (Lipinski definition) is 2. The number of hydrogen-bond acceptors (Lipinski definition) is 2. The summed E-state index contributed by atoms with van der Waals surface area (Å²) in [5.74, 6) is 1.60. The van der Waals surface area contributed by atoms with Gasteiger partial charge in [0.2, 0.25) is 0 Å². The normalized spacial score (nSPS) is 22.1. The maximum absolute atomic E-state index is 5.81. The highest BCUT2D eigenvalue weighted by molar-refractivity contribution is 4.87. The van der Waals surface area contributed by atoms with Crippen molar-refractivity contribution >= 4 is 0 Å². The van der Waals surface area contributed by atoms with Gasteiger partial charge in [-0.1, -0.05) is 33.1 Å². The van der Waals surface area contributed by atoms with E-state index >= 15 is 0 Å². The first-order valence-corrected chi connectivity index (χ1v) is 6.03. The lowest BCUT2D eigenvalue weighted by Gasteiger charge is -2.35. The van der Waals surface area contributed by atoms with Crippen molar-refractivity contribution in [2.24, 2.45) is 17.6 Å². The van der Waals surface area contributed by atoms with Gasteiger partial charge in [-0.15, -0.1) is 0 Å². The summed E-state index contributed by atoms with van der Waals surface area (Å²) in [5, 5.41) is 3.62. The molecular formula is C12H26N2. The molecule has 1 rings (SSSR count). The van der Waals surface area contributed by atoms with E-state index in [9.17, 15) is 0 Å². The standard InChI is InChI=1S/C12H26N2/c1-10(2)12(3,9-13)14-8-7-11-5-4-6-11/h10-11,14H,4-9,13H2,1-3H3. The zero-order valence-electron chi connectivity index (χ0n) is 9.97. The van der Waals surface area contributed by atoms with E-state index in [-0.39, 0.29) is 5.54 Å². The van der Waals surface area contributed by atoms with Crippen LogP contribution in [0, 0.1) is 11.8 Å². The Morgan fingerprint density at radius 1 is 1.43 bits per heavy atom. The average Bonchev–Trinajstić information content (AvgIpc) is 2.08. The second-order valence-electron chi connectivity index (χ2n) is 5.29. The average molecular weight is 198 g/mol. The molecule has 0 heterocycles. The topological polar surface area (TPSA) is 38.0 Å². The van der Waals surface area contributed by atoms with Crippen molar-refractivity contribution in [1.82, 2.24) is 5.32 Å². The molecule has 1 aliphatic carbocycles. The minimum Gasteiger partial charge on any atom is -0.329 e. The lowest BCUT2D eigenvalue weighted by atomic mass is 9.82. The molecule has 1 unspecified atom stereocenters. The van der Waals surface area contributed by atoms with Gasteiger partial charge in [-0.05, 0) is 31.7 Å². The molecule has 0 aromatic heterocycles. The second kappa shape index (κ2) is 5.13. The zero-order valence-corrected chi connectivity index (χ0v) is 9.97. The molecular weight excluding hydrogens is 172 g/mol. The van der Waals surface area contributed by atoms with Crippen LogP contribution < -0.4 is 11.1 Å². The van der Waals surface area contributed by atoms with Crippen molar-refractivity contribution in [3.63, 3.8) is 0 Å². The van der Waals surface area contributed by atoms with Gasteiger partial charge in [-0.2, -0.15) is 0 Å². The molecule has 0 amide bonds. The fraction of sp³-hybridized carbons (Fsp3) is 1.00. The third-order valence-corrected chi connectivity index (χ3v) is 4.00. The first-order chi connectivity index (χ1) is 6.58. The third-order valence-electron chi connectivity index (χ3n) is 4.00. The van der Waals surface area contributed by atoms with Crippen LogP contribution in [0.15, 0.2) is 0 Å². The monoisotopic (exact) mass is 198 g/mol. The first-order valence-electron chi connectivity index (χ1n) is 6.03. The number of rotatable bonds is 6. The molecule has 14 heavy (non-hydrogen) atoms. The Labute approximate surface area is 88.6 Å². The molecule has 0 saturated heterocycles. The minimum atomic E-state index is 0.129. The summed E-state index contributed by atoms with van der Waals surface area (Å²) in [6.07, 6.45) is 5.68. The molecule has 3 N–H and O–H groups in total. The smallest absolute Gasteiger partial charge is 0.0298 e. The summed E-state index contributed by atoms with van der Waals surface area (Å²) in [4.78, 5) is 0. The van der Waals surface area contributed by atoms with Crippen LogP contribution in [0.1, 0.15) is 46.5 Å². The Balaban J connectivity index is 2.19. The van der Waals surface area contributed by atoms with Crippen LogP contribution in [0.3, 0.4) is 0 Å².